The summed E-state index contributed by atoms with van der Waals surface area (Å²) in [6.07, 6.45) is 3.55. The van der Waals surface area contributed by atoms with Gasteiger partial charge < -0.3 is 19.4 Å². The minimum atomic E-state index is -4.07. The van der Waals surface area contributed by atoms with Crippen LogP contribution in [0.5, 0.6) is 11.5 Å². The molecule has 250 valence electrons. The first-order chi connectivity index (χ1) is 21.6. The third-order valence-corrected chi connectivity index (χ3v) is 9.05. The number of nitrogens with one attached hydrogen (secondary N) is 2. The molecule has 1 aromatic heterocycles. The van der Waals surface area contributed by atoms with E-state index in [1.165, 1.54) is 42.5 Å². The predicted octanol–water partition coefficient (Wildman–Crippen LogP) is 4.34. The van der Waals surface area contributed by atoms with Gasteiger partial charge in [0.2, 0.25) is 20.0 Å². The fourth-order valence-electron chi connectivity index (χ4n) is 4.18. The summed E-state index contributed by atoms with van der Waals surface area (Å²) in [6.45, 7) is -3.65. The van der Waals surface area contributed by atoms with Gasteiger partial charge in [-0.2, -0.15) is 13.5 Å². The second-order valence-corrected chi connectivity index (χ2v) is 14.8. The van der Waals surface area contributed by atoms with Crippen LogP contribution in [0.4, 0.5) is 14.5 Å². The molecule has 2 N–H and O–H groups in total. The Morgan fingerprint density at radius 3 is 2.28 bits per heavy atom. The molecule has 0 radical (unpaired) electrons. The molecule has 1 saturated carbocycles. The first-order valence-electron chi connectivity index (χ1n) is 13.6. The molecule has 0 aliphatic heterocycles. The Morgan fingerprint density at radius 2 is 1.70 bits per heavy atom. The summed E-state index contributed by atoms with van der Waals surface area (Å²) in [6, 6.07) is 9.55. The average molecular weight is 725 g/mol. The third-order valence-electron chi connectivity index (χ3n) is 6.50. The summed E-state index contributed by atoms with van der Waals surface area (Å²) in [5.74, 6) is -1.52. The van der Waals surface area contributed by atoms with Crippen molar-refractivity contribution in [2.75, 3.05) is 24.1 Å². The second-order valence-electron chi connectivity index (χ2n) is 10.5. The van der Waals surface area contributed by atoms with Gasteiger partial charge >= 0.3 is 12.6 Å². The van der Waals surface area contributed by atoms with E-state index in [2.05, 4.69) is 14.2 Å². The van der Waals surface area contributed by atoms with Crippen molar-refractivity contribution in [2.24, 2.45) is 5.92 Å². The Balaban J connectivity index is 1.51. The summed E-state index contributed by atoms with van der Waals surface area (Å²) in [5, 5.41) is 11.7. The van der Waals surface area contributed by atoms with Gasteiger partial charge in [-0.1, -0.05) is 41.4 Å². The molecular formula is C28H29Cl2F2N3O9S2. The van der Waals surface area contributed by atoms with Crippen LogP contribution in [0.1, 0.15) is 35.6 Å². The molecule has 12 nitrogen and oxygen atoms in total. The van der Waals surface area contributed by atoms with E-state index >= 15 is 0 Å². The van der Waals surface area contributed by atoms with Crippen LogP contribution in [0, 0.1) is 11.1 Å². The third kappa shape index (κ3) is 11.1. The fourth-order valence-corrected chi connectivity index (χ4v) is 6.42. The maximum Gasteiger partial charge on any atom is 0.387 e. The van der Waals surface area contributed by atoms with Crippen LogP contribution in [-0.4, -0.2) is 48.8 Å². The van der Waals surface area contributed by atoms with Crippen molar-refractivity contribution >= 4 is 54.9 Å². The van der Waals surface area contributed by atoms with Gasteiger partial charge in [-0.05, 0) is 54.2 Å². The van der Waals surface area contributed by atoms with Crippen molar-refractivity contribution in [2.45, 2.75) is 37.7 Å². The molecular weight excluding hydrogens is 695 g/mol. The van der Waals surface area contributed by atoms with Gasteiger partial charge in [0, 0.05) is 17.7 Å². The topological polar surface area (TPSA) is 164 Å². The lowest BCUT2D eigenvalue weighted by molar-refractivity contribution is -0.605. The minimum absolute atomic E-state index is 0.0214. The number of hydrogen-bond acceptors (Lipinski definition) is 9. The summed E-state index contributed by atoms with van der Waals surface area (Å²) >= 11 is 12.5. The van der Waals surface area contributed by atoms with Crippen LogP contribution in [0.15, 0.2) is 54.9 Å². The van der Waals surface area contributed by atoms with Crippen LogP contribution in [0.25, 0.3) is 0 Å². The zero-order chi connectivity index (χ0) is 33.6. The summed E-state index contributed by atoms with van der Waals surface area (Å²) in [5.41, 5.74) is 1.05. The Morgan fingerprint density at radius 1 is 1.04 bits per heavy atom. The summed E-state index contributed by atoms with van der Waals surface area (Å²) in [4.78, 5) is 12.9. The van der Waals surface area contributed by atoms with E-state index in [1.807, 2.05) is 0 Å². The number of rotatable bonds is 16. The number of halogens is 4. The van der Waals surface area contributed by atoms with E-state index in [0.29, 0.717) is 10.3 Å². The fraction of sp³-hybridized carbons (Fsp3) is 0.357. The van der Waals surface area contributed by atoms with E-state index < -0.39 is 51.0 Å². The number of benzene rings is 2. The number of aromatic nitrogens is 1. The number of sulfonamides is 2. The van der Waals surface area contributed by atoms with Crippen molar-refractivity contribution in [3.05, 3.63) is 86.8 Å². The van der Waals surface area contributed by atoms with Gasteiger partial charge in [-0.15, -0.1) is 0 Å². The van der Waals surface area contributed by atoms with Crippen LogP contribution in [-0.2, 0) is 41.8 Å². The minimum Gasteiger partial charge on any atom is -0.619 e. The van der Waals surface area contributed by atoms with E-state index in [-0.39, 0.29) is 57.3 Å². The molecule has 0 bridgehead atoms. The Hall–Kier alpha value is -3.44. The molecule has 0 spiro atoms. The molecule has 4 rings (SSSR count). The van der Waals surface area contributed by atoms with Gasteiger partial charge in [0.25, 0.3) is 0 Å². The highest BCUT2D eigenvalue weighted by Crippen LogP contribution is 2.37. The smallest absolute Gasteiger partial charge is 0.387 e. The maximum atomic E-state index is 13.1. The highest BCUT2D eigenvalue weighted by Gasteiger charge is 2.27. The molecule has 1 aliphatic rings. The van der Waals surface area contributed by atoms with Gasteiger partial charge in [-0.25, -0.2) is 21.6 Å². The molecule has 1 heterocycles. The number of alkyl halides is 2. The van der Waals surface area contributed by atoms with Crippen molar-refractivity contribution in [3.63, 3.8) is 0 Å². The quantitative estimate of drug-likeness (QED) is 0.124. The first-order valence-corrected chi connectivity index (χ1v) is 17.9. The lowest BCUT2D eigenvalue weighted by Crippen LogP contribution is -2.32. The van der Waals surface area contributed by atoms with Crippen LogP contribution in [0.2, 0.25) is 10.0 Å². The van der Waals surface area contributed by atoms with Gasteiger partial charge in [0.1, 0.15) is 22.7 Å². The molecule has 18 heteroatoms. The predicted molar refractivity (Wildman–Crippen MR) is 165 cm³/mol. The molecule has 1 atom stereocenters. The van der Waals surface area contributed by atoms with Crippen molar-refractivity contribution in [1.29, 1.82) is 0 Å². The molecule has 2 aromatic carbocycles. The van der Waals surface area contributed by atoms with Crippen molar-refractivity contribution in [1.82, 2.24) is 4.72 Å². The average Bonchev–Trinajstić information content (AvgIpc) is 3.77. The molecule has 3 aromatic rings. The van der Waals surface area contributed by atoms with E-state index in [4.69, 9.17) is 32.7 Å². The molecule has 46 heavy (non-hydrogen) atoms. The van der Waals surface area contributed by atoms with Crippen LogP contribution < -0.4 is 23.6 Å². The van der Waals surface area contributed by atoms with Crippen LogP contribution >= 0.6 is 23.2 Å². The van der Waals surface area contributed by atoms with Crippen molar-refractivity contribution < 1.29 is 49.4 Å². The Kier molecular flexibility index (Phi) is 11.5. The molecule has 1 fully saturated rings. The molecule has 1 aliphatic carbocycles. The molecule has 0 saturated heterocycles. The summed E-state index contributed by atoms with van der Waals surface area (Å²) in [7, 11) is -7.58. The first kappa shape index (κ1) is 35.4. The number of carbonyl (C=O) groups is 1. The lowest BCUT2D eigenvalue weighted by Gasteiger charge is -2.21. The number of carbonyl (C=O) groups excluding carboxylic acids is 1. The normalized spacial score (nSPS) is 14.1. The highest BCUT2D eigenvalue weighted by molar-refractivity contribution is 7.92. The molecule has 0 amide bonds. The maximum absolute atomic E-state index is 13.1. The zero-order valence-electron chi connectivity index (χ0n) is 24.1. The Bertz CT molecular complexity index is 1750. The monoisotopic (exact) mass is 723 g/mol. The van der Waals surface area contributed by atoms with Gasteiger partial charge in [0.15, 0.2) is 23.9 Å². The van der Waals surface area contributed by atoms with Gasteiger partial charge in [-0.3, -0.25) is 9.52 Å². The van der Waals surface area contributed by atoms with Crippen molar-refractivity contribution in [3.8, 4) is 11.5 Å². The largest absolute Gasteiger partial charge is 0.619 e. The van der Waals surface area contributed by atoms with Crippen LogP contribution in [0.3, 0.4) is 0 Å². The lowest BCUT2D eigenvalue weighted by atomic mass is 10.0. The van der Waals surface area contributed by atoms with E-state index in [0.717, 1.165) is 31.5 Å². The zero-order valence-corrected chi connectivity index (χ0v) is 27.3. The van der Waals surface area contributed by atoms with Gasteiger partial charge in [0.05, 0.1) is 18.6 Å². The number of pyridine rings is 1. The van der Waals surface area contributed by atoms with E-state index in [1.54, 1.807) is 0 Å². The number of esters is 1. The SMILES string of the molecule is CS(=O)(=O)Nc1ccc(CS(=O)(=O)NCC(=O)O[C@@H](Cc2c(Cl)c[n+]([O-])cc2Cl)c2ccc(OC(F)F)c(OCC3CC3)c2)cc1. The number of nitrogens with zero attached hydrogens (tertiary/aromatic N) is 1. The Labute approximate surface area is 274 Å². The number of ether oxygens (including phenoxy) is 3. The standard InChI is InChI=1S/C28H29Cl2F2N3O9S2/c1-45(38,39)34-20-7-4-18(5-8-20)16-46(40,41)33-12-27(36)43-25(11-21-22(29)13-35(37)14-23(21)30)19-6-9-24(44-28(31)32)26(10-19)42-15-17-2-3-17/h4-10,13-14,17,25,28,33-34H,2-3,11-12,15-16H2,1H3/t25-/m0/s1. The second kappa shape index (κ2) is 15.0. The van der Waals surface area contributed by atoms with E-state index in [9.17, 15) is 35.6 Å². The number of hydrogen-bond donors (Lipinski definition) is 2. The summed E-state index contributed by atoms with van der Waals surface area (Å²) < 4.78 is 95.0. The number of anilines is 1. The molecule has 0 unspecified atom stereocenters. The highest BCUT2D eigenvalue weighted by atomic mass is 35.5.